The van der Waals surface area contributed by atoms with Crippen molar-refractivity contribution in [2.75, 3.05) is 0 Å². The molecule has 0 atom stereocenters. The molecule has 1 aromatic rings. The molecule has 0 N–H and O–H groups in total. The molecule has 69 valence electrons. The van der Waals surface area contributed by atoms with Crippen molar-refractivity contribution < 1.29 is 18.0 Å². The van der Waals surface area contributed by atoms with Crippen molar-refractivity contribution in [2.45, 2.75) is 6.18 Å². The summed E-state index contributed by atoms with van der Waals surface area (Å²) in [5, 5.41) is -0.460. The SMILES string of the molecule is O=Cc1[c]cc(Cl)c(C(F)(F)F)c1. The first kappa shape index (κ1) is 10.1. The van der Waals surface area contributed by atoms with Crippen LogP contribution >= 0.6 is 11.6 Å². The molecule has 0 heterocycles. The summed E-state index contributed by atoms with van der Waals surface area (Å²) < 4.78 is 36.5. The lowest BCUT2D eigenvalue weighted by atomic mass is 10.1. The van der Waals surface area contributed by atoms with Crippen LogP contribution in [0.2, 0.25) is 5.02 Å². The van der Waals surface area contributed by atoms with E-state index < -0.39 is 16.8 Å². The number of aldehydes is 1. The zero-order chi connectivity index (χ0) is 10.1. The highest BCUT2D eigenvalue weighted by atomic mass is 35.5. The molecule has 0 fully saturated rings. The molecule has 0 aliphatic heterocycles. The van der Waals surface area contributed by atoms with Crippen LogP contribution in [0.25, 0.3) is 0 Å². The summed E-state index contributed by atoms with van der Waals surface area (Å²) in [7, 11) is 0. The molecule has 0 saturated carbocycles. The third kappa shape index (κ3) is 2.21. The Morgan fingerprint density at radius 3 is 2.54 bits per heavy atom. The van der Waals surface area contributed by atoms with Gasteiger partial charge < -0.3 is 0 Å². The number of rotatable bonds is 1. The number of carbonyl (C=O) groups excluding carboxylic acids is 1. The van der Waals surface area contributed by atoms with Crippen molar-refractivity contribution in [2.24, 2.45) is 0 Å². The number of benzene rings is 1. The van der Waals surface area contributed by atoms with Gasteiger partial charge in [0, 0.05) is 5.56 Å². The van der Waals surface area contributed by atoms with E-state index in [2.05, 4.69) is 6.07 Å². The van der Waals surface area contributed by atoms with E-state index in [1.165, 1.54) is 0 Å². The zero-order valence-corrected chi connectivity index (χ0v) is 6.91. The normalized spacial score (nSPS) is 11.4. The molecule has 0 aliphatic carbocycles. The lowest BCUT2D eigenvalue weighted by molar-refractivity contribution is -0.137. The van der Waals surface area contributed by atoms with Crippen LogP contribution in [0.1, 0.15) is 15.9 Å². The molecular formula is C8H3ClF3O. The Labute approximate surface area is 77.1 Å². The van der Waals surface area contributed by atoms with Gasteiger partial charge in [0.1, 0.15) is 0 Å². The summed E-state index contributed by atoms with van der Waals surface area (Å²) >= 11 is 5.27. The Hall–Kier alpha value is -1.03. The predicted molar refractivity (Wildman–Crippen MR) is 40.7 cm³/mol. The predicted octanol–water partition coefficient (Wildman–Crippen LogP) is 2.97. The second kappa shape index (κ2) is 3.38. The van der Waals surface area contributed by atoms with Crippen molar-refractivity contribution in [3.05, 3.63) is 34.3 Å². The third-order valence-electron chi connectivity index (χ3n) is 1.36. The minimum absolute atomic E-state index is 0.170. The highest BCUT2D eigenvalue weighted by molar-refractivity contribution is 6.31. The molecule has 1 nitrogen and oxygen atoms in total. The first-order valence-corrected chi connectivity index (χ1v) is 3.56. The maximum atomic E-state index is 12.2. The number of hydrogen-bond acceptors (Lipinski definition) is 1. The molecule has 13 heavy (non-hydrogen) atoms. The van der Waals surface area contributed by atoms with Crippen molar-refractivity contribution in [1.82, 2.24) is 0 Å². The van der Waals surface area contributed by atoms with Crippen molar-refractivity contribution >= 4 is 17.9 Å². The quantitative estimate of drug-likeness (QED) is 0.647. The van der Waals surface area contributed by atoms with Crippen molar-refractivity contribution in [3.8, 4) is 0 Å². The van der Waals surface area contributed by atoms with E-state index in [4.69, 9.17) is 11.6 Å². The zero-order valence-electron chi connectivity index (χ0n) is 6.15. The molecule has 0 saturated heterocycles. The second-order valence-electron chi connectivity index (χ2n) is 2.27. The fraction of sp³-hybridized carbons (Fsp3) is 0.125. The summed E-state index contributed by atoms with van der Waals surface area (Å²) in [5.41, 5.74) is -1.19. The maximum absolute atomic E-state index is 12.2. The van der Waals surface area contributed by atoms with Gasteiger partial charge in [-0.25, -0.2) is 0 Å². The highest BCUT2D eigenvalue weighted by Gasteiger charge is 2.33. The van der Waals surface area contributed by atoms with Gasteiger partial charge in [0.05, 0.1) is 10.6 Å². The first-order chi connectivity index (χ1) is 5.95. The topological polar surface area (TPSA) is 17.1 Å². The number of carbonyl (C=O) groups is 1. The maximum Gasteiger partial charge on any atom is 0.417 e. The van der Waals surface area contributed by atoms with Gasteiger partial charge in [-0.1, -0.05) is 11.6 Å². The van der Waals surface area contributed by atoms with Crippen LogP contribution in [0.4, 0.5) is 13.2 Å². The molecule has 0 aromatic heterocycles. The second-order valence-corrected chi connectivity index (χ2v) is 2.67. The molecule has 1 aromatic carbocycles. The Balaban J connectivity index is 3.27. The van der Waals surface area contributed by atoms with Crippen LogP contribution in [0.5, 0.6) is 0 Å². The fourth-order valence-corrected chi connectivity index (χ4v) is 0.992. The number of alkyl halides is 3. The van der Waals surface area contributed by atoms with Crippen molar-refractivity contribution in [3.63, 3.8) is 0 Å². The van der Waals surface area contributed by atoms with Gasteiger partial charge >= 0.3 is 6.18 Å². The largest absolute Gasteiger partial charge is 0.417 e. The average molecular weight is 208 g/mol. The molecule has 5 heteroatoms. The average Bonchev–Trinajstić information content (AvgIpc) is 2.03. The van der Waals surface area contributed by atoms with E-state index in [1.807, 2.05) is 0 Å². The monoisotopic (exact) mass is 207 g/mol. The van der Waals surface area contributed by atoms with E-state index in [-0.39, 0.29) is 11.8 Å². The number of hydrogen-bond donors (Lipinski definition) is 0. The smallest absolute Gasteiger partial charge is 0.298 e. The molecule has 0 bridgehead atoms. The summed E-state index contributed by atoms with van der Waals surface area (Å²) in [5.74, 6) is 0. The fourth-order valence-electron chi connectivity index (χ4n) is 0.776. The summed E-state index contributed by atoms with van der Waals surface area (Å²) in [4.78, 5) is 10.2. The summed E-state index contributed by atoms with van der Waals surface area (Å²) in [6.07, 6.45) is -4.25. The van der Waals surface area contributed by atoms with Gasteiger partial charge in [0.25, 0.3) is 0 Å². The molecule has 0 spiro atoms. The van der Waals surface area contributed by atoms with E-state index >= 15 is 0 Å². The van der Waals surface area contributed by atoms with Crippen LogP contribution in [0.15, 0.2) is 12.1 Å². The van der Waals surface area contributed by atoms with Gasteiger partial charge in [-0.3, -0.25) is 4.79 Å². The van der Waals surface area contributed by atoms with Crippen LogP contribution in [0.3, 0.4) is 0 Å². The van der Waals surface area contributed by atoms with Crippen LogP contribution in [-0.4, -0.2) is 6.29 Å². The molecule has 0 unspecified atom stereocenters. The highest BCUT2D eigenvalue weighted by Crippen LogP contribution is 2.34. The van der Waals surface area contributed by atoms with Crippen LogP contribution in [-0.2, 0) is 6.18 Å². The minimum atomic E-state index is -4.54. The van der Waals surface area contributed by atoms with Crippen molar-refractivity contribution in [1.29, 1.82) is 0 Å². The number of halogens is 4. The van der Waals surface area contributed by atoms with Crippen LogP contribution in [0, 0.1) is 6.07 Å². The molecule has 0 aliphatic rings. The first-order valence-electron chi connectivity index (χ1n) is 3.19. The lowest BCUT2D eigenvalue weighted by Crippen LogP contribution is -2.06. The molecule has 1 rings (SSSR count). The molecule has 0 amide bonds. The van der Waals surface area contributed by atoms with Gasteiger partial charge in [-0.15, -0.1) is 0 Å². The van der Waals surface area contributed by atoms with Gasteiger partial charge in [0.15, 0.2) is 6.29 Å². The molecule has 1 radical (unpaired) electrons. The lowest BCUT2D eigenvalue weighted by Gasteiger charge is -2.08. The third-order valence-corrected chi connectivity index (χ3v) is 1.67. The van der Waals surface area contributed by atoms with E-state index in [1.54, 1.807) is 0 Å². The summed E-state index contributed by atoms with van der Waals surface area (Å²) in [6.45, 7) is 0. The van der Waals surface area contributed by atoms with Gasteiger partial charge in [0.2, 0.25) is 0 Å². The van der Waals surface area contributed by atoms with Gasteiger partial charge in [-0.05, 0) is 18.2 Å². The van der Waals surface area contributed by atoms with Crippen LogP contribution < -0.4 is 0 Å². The minimum Gasteiger partial charge on any atom is -0.298 e. The Morgan fingerprint density at radius 2 is 2.08 bits per heavy atom. The summed E-state index contributed by atoms with van der Waals surface area (Å²) in [6, 6.07) is 3.89. The Morgan fingerprint density at radius 1 is 1.46 bits per heavy atom. The standard InChI is InChI=1S/C8H3ClF3O/c9-7-2-1-5(4-13)3-6(7)8(10,11)12/h2-4H. The van der Waals surface area contributed by atoms with E-state index in [0.29, 0.717) is 6.07 Å². The van der Waals surface area contributed by atoms with E-state index in [0.717, 1.165) is 6.07 Å². The molecular weight excluding hydrogens is 205 g/mol. The van der Waals surface area contributed by atoms with Gasteiger partial charge in [-0.2, -0.15) is 13.2 Å². The Kier molecular flexibility index (Phi) is 2.61. The Bertz CT molecular complexity index is 333. The van der Waals surface area contributed by atoms with E-state index in [9.17, 15) is 18.0 Å².